The van der Waals surface area contributed by atoms with Crippen molar-refractivity contribution in [2.75, 3.05) is 0 Å². The van der Waals surface area contributed by atoms with E-state index in [9.17, 15) is 5.11 Å². The quantitative estimate of drug-likeness (QED) is 0.352. The zero-order valence-corrected chi connectivity index (χ0v) is 9.63. The number of hydrogen-bond donors (Lipinski definition) is 0. The first-order valence-corrected chi connectivity index (χ1v) is 6.18. The summed E-state index contributed by atoms with van der Waals surface area (Å²) in [6, 6.07) is 0. The molecule has 0 aliphatic rings. The third-order valence-electron chi connectivity index (χ3n) is 2.57. The van der Waals surface area contributed by atoms with E-state index >= 15 is 0 Å². The largest absolute Gasteiger partial charge is 0.299 e. The molecule has 0 aliphatic heterocycles. The highest BCUT2D eigenvalue weighted by molar-refractivity contribution is 4.70. The van der Waals surface area contributed by atoms with E-state index in [1.54, 1.807) is 6.08 Å². The smallest absolute Gasteiger partial charge is 0.138 e. The van der Waals surface area contributed by atoms with Gasteiger partial charge < -0.3 is 0 Å². The van der Waals surface area contributed by atoms with E-state index in [-0.39, 0.29) is 0 Å². The van der Waals surface area contributed by atoms with Crippen LogP contribution in [0.4, 0.5) is 0 Å². The van der Waals surface area contributed by atoms with Crippen LogP contribution in [-0.4, -0.2) is 0 Å². The molecule has 1 nitrogen and oxygen atoms in total. The van der Waals surface area contributed by atoms with Gasteiger partial charge in [0.2, 0.25) is 0 Å². The van der Waals surface area contributed by atoms with Crippen molar-refractivity contribution in [3.63, 3.8) is 0 Å². The second-order valence-electron chi connectivity index (χ2n) is 3.99. The standard InChI is InChI=1S/C13H25O/c1-2-3-4-5-6-7-8-9-10-11-12-13-14/h12-13H,2-11H2,1H3/b13-12+. The summed E-state index contributed by atoms with van der Waals surface area (Å²) in [4.78, 5) is 0. The summed E-state index contributed by atoms with van der Waals surface area (Å²) in [6.07, 6.45) is 15.8. The molecule has 1 radical (unpaired) electrons. The number of unbranched alkanes of at least 4 members (excludes halogenated alkanes) is 9. The Morgan fingerprint density at radius 1 is 0.786 bits per heavy atom. The molecule has 1 heteroatoms. The number of hydrogen-bond acceptors (Lipinski definition) is 0. The van der Waals surface area contributed by atoms with Gasteiger partial charge in [0.05, 0.1) is 0 Å². The summed E-state index contributed by atoms with van der Waals surface area (Å²) >= 11 is 0. The average molecular weight is 197 g/mol. The molecule has 0 fully saturated rings. The van der Waals surface area contributed by atoms with Crippen LogP contribution in [0.1, 0.15) is 71.1 Å². The van der Waals surface area contributed by atoms with Gasteiger partial charge in [-0.2, -0.15) is 0 Å². The maximum absolute atomic E-state index is 9.98. The lowest BCUT2D eigenvalue weighted by Gasteiger charge is -2.00. The van der Waals surface area contributed by atoms with Crippen LogP contribution >= 0.6 is 0 Å². The van der Waals surface area contributed by atoms with Crippen LogP contribution in [-0.2, 0) is 5.11 Å². The molecule has 0 saturated heterocycles. The molecule has 0 heterocycles. The van der Waals surface area contributed by atoms with Crippen LogP contribution in [0.2, 0.25) is 0 Å². The molecule has 0 aromatic rings. The zero-order valence-electron chi connectivity index (χ0n) is 9.63. The SMILES string of the molecule is CCCCCCCCCCC/C=C/[O]. The van der Waals surface area contributed by atoms with E-state index in [0.717, 1.165) is 12.7 Å². The predicted molar refractivity (Wildman–Crippen MR) is 61.7 cm³/mol. The van der Waals surface area contributed by atoms with E-state index in [4.69, 9.17) is 0 Å². The lowest BCUT2D eigenvalue weighted by atomic mass is 10.1. The molecule has 0 amide bonds. The molecule has 0 atom stereocenters. The molecule has 0 spiro atoms. The fraction of sp³-hybridized carbons (Fsp3) is 0.846. The summed E-state index contributed by atoms with van der Waals surface area (Å²) in [7, 11) is 0. The van der Waals surface area contributed by atoms with Crippen molar-refractivity contribution in [1.29, 1.82) is 0 Å². The van der Waals surface area contributed by atoms with Crippen LogP contribution in [0.15, 0.2) is 12.3 Å². The van der Waals surface area contributed by atoms with Crippen LogP contribution in [0.5, 0.6) is 0 Å². The first-order chi connectivity index (χ1) is 6.91. The minimum atomic E-state index is 0.907. The van der Waals surface area contributed by atoms with E-state index in [0.29, 0.717) is 0 Å². The summed E-state index contributed by atoms with van der Waals surface area (Å²) in [6.45, 7) is 2.25. The van der Waals surface area contributed by atoms with Gasteiger partial charge in [-0.1, -0.05) is 58.3 Å². The molecular formula is C13H25O. The van der Waals surface area contributed by atoms with Gasteiger partial charge in [0.15, 0.2) is 0 Å². The molecule has 0 aromatic carbocycles. The topological polar surface area (TPSA) is 19.9 Å². The summed E-state index contributed by atoms with van der Waals surface area (Å²) in [5.74, 6) is 0. The average Bonchev–Trinajstić information content (AvgIpc) is 2.21. The van der Waals surface area contributed by atoms with E-state index in [1.807, 2.05) is 0 Å². The third-order valence-corrected chi connectivity index (χ3v) is 2.57. The second kappa shape index (κ2) is 12.5. The molecule has 0 N–H and O–H groups in total. The Morgan fingerprint density at radius 3 is 1.79 bits per heavy atom. The normalized spacial score (nSPS) is 11.2. The maximum atomic E-state index is 9.98. The van der Waals surface area contributed by atoms with Gasteiger partial charge in [-0.3, -0.25) is 5.11 Å². The highest BCUT2D eigenvalue weighted by atomic mass is 16.2. The van der Waals surface area contributed by atoms with Gasteiger partial charge in [0.1, 0.15) is 6.26 Å². The fourth-order valence-electron chi connectivity index (χ4n) is 1.64. The van der Waals surface area contributed by atoms with Crippen molar-refractivity contribution >= 4 is 0 Å². The van der Waals surface area contributed by atoms with Gasteiger partial charge in [0.25, 0.3) is 0 Å². The Kier molecular flexibility index (Phi) is 12.1. The van der Waals surface area contributed by atoms with Crippen LogP contribution in [0.25, 0.3) is 0 Å². The molecule has 83 valence electrons. The number of rotatable bonds is 10. The maximum Gasteiger partial charge on any atom is 0.138 e. The summed E-state index contributed by atoms with van der Waals surface area (Å²) in [5.41, 5.74) is 0. The lowest BCUT2D eigenvalue weighted by Crippen LogP contribution is -1.80. The molecule has 0 unspecified atom stereocenters. The minimum Gasteiger partial charge on any atom is -0.299 e. The van der Waals surface area contributed by atoms with Crippen molar-refractivity contribution in [2.45, 2.75) is 71.1 Å². The van der Waals surface area contributed by atoms with Crippen LogP contribution < -0.4 is 0 Å². The van der Waals surface area contributed by atoms with Crippen LogP contribution in [0, 0.1) is 0 Å². The summed E-state index contributed by atoms with van der Waals surface area (Å²) in [5, 5.41) is 9.98. The van der Waals surface area contributed by atoms with Crippen LogP contribution in [0.3, 0.4) is 0 Å². The lowest BCUT2D eigenvalue weighted by molar-refractivity contribution is 0.349. The molecule has 0 bridgehead atoms. The third kappa shape index (κ3) is 11.5. The number of allylic oxidation sites excluding steroid dienone is 1. The molecular weight excluding hydrogens is 172 g/mol. The van der Waals surface area contributed by atoms with E-state index < -0.39 is 0 Å². The Balaban J connectivity index is 2.85. The van der Waals surface area contributed by atoms with Gasteiger partial charge in [-0.25, -0.2) is 0 Å². The minimum absolute atomic E-state index is 0.907. The van der Waals surface area contributed by atoms with E-state index in [1.165, 1.54) is 57.8 Å². The highest BCUT2D eigenvalue weighted by Crippen LogP contribution is 2.10. The molecule has 14 heavy (non-hydrogen) atoms. The molecule has 0 saturated carbocycles. The van der Waals surface area contributed by atoms with Crippen molar-refractivity contribution in [3.8, 4) is 0 Å². The molecule has 0 rings (SSSR count). The van der Waals surface area contributed by atoms with Crippen molar-refractivity contribution in [2.24, 2.45) is 0 Å². The Labute approximate surface area is 89.2 Å². The Morgan fingerprint density at radius 2 is 1.29 bits per heavy atom. The second-order valence-corrected chi connectivity index (χ2v) is 3.99. The highest BCUT2D eigenvalue weighted by Gasteiger charge is 1.90. The van der Waals surface area contributed by atoms with Gasteiger partial charge in [-0.15, -0.1) is 0 Å². The molecule has 0 aliphatic carbocycles. The first-order valence-electron chi connectivity index (χ1n) is 6.18. The van der Waals surface area contributed by atoms with E-state index in [2.05, 4.69) is 6.92 Å². The van der Waals surface area contributed by atoms with Gasteiger partial charge in [-0.05, 0) is 18.9 Å². The summed E-state index contributed by atoms with van der Waals surface area (Å²) < 4.78 is 0. The fourth-order valence-corrected chi connectivity index (χ4v) is 1.64. The van der Waals surface area contributed by atoms with Gasteiger partial charge in [0, 0.05) is 0 Å². The monoisotopic (exact) mass is 197 g/mol. The Hall–Kier alpha value is -0.460. The van der Waals surface area contributed by atoms with Crippen molar-refractivity contribution in [3.05, 3.63) is 12.3 Å². The molecule has 0 aromatic heterocycles. The first kappa shape index (κ1) is 13.5. The van der Waals surface area contributed by atoms with Crippen molar-refractivity contribution < 1.29 is 5.11 Å². The predicted octanol–water partition coefficient (Wildman–Crippen LogP) is 4.85. The Bertz CT molecular complexity index is 118. The zero-order chi connectivity index (χ0) is 10.5. The van der Waals surface area contributed by atoms with Crippen molar-refractivity contribution in [1.82, 2.24) is 0 Å². The van der Waals surface area contributed by atoms with Gasteiger partial charge >= 0.3 is 0 Å².